The third-order valence-electron chi connectivity index (χ3n) is 2.11. The van der Waals surface area contributed by atoms with Gasteiger partial charge in [0, 0.05) is 4.88 Å². The van der Waals surface area contributed by atoms with Gasteiger partial charge in [-0.15, -0.1) is 22.9 Å². The Bertz CT molecular complexity index is 521. The van der Waals surface area contributed by atoms with Gasteiger partial charge in [-0.05, 0) is 29.8 Å². The van der Waals surface area contributed by atoms with Crippen molar-refractivity contribution in [2.24, 2.45) is 0 Å². The Hall–Kier alpha value is -1.19. The van der Waals surface area contributed by atoms with Gasteiger partial charge in [0.2, 0.25) is 0 Å². The molecule has 4 heteroatoms. The Balaban J connectivity index is 2.35. The van der Waals surface area contributed by atoms with Gasteiger partial charge in [0.1, 0.15) is 5.82 Å². The number of ketones is 1. The summed E-state index contributed by atoms with van der Waals surface area (Å²) in [6.45, 7) is 0. The molecule has 0 fully saturated rings. The highest BCUT2D eigenvalue weighted by Crippen LogP contribution is 2.28. The highest BCUT2D eigenvalue weighted by atomic mass is 35.5. The lowest BCUT2D eigenvalue weighted by molar-refractivity contribution is 0.102. The summed E-state index contributed by atoms with van der Waals surface area (Å²) in [5.41, 5.74) is 0.777. The number of alkyl halides is 1. The second-order valence-electron chi connectivity index (χ2n) is 3.23. The van der Waals surface area contributed by atoms with E-state index in [1.165, 1.54) is 23.5 Å². The number of carbonyl (C=O) groups excluding carboxylic acids is 1. The molecule has 1 aromatic carbocycles. The average Bonchev–Trinajstić information content (AvgIpc) is 2.77. The minimum atomic E-state index is -0.281. The maximum Gasteiger partial charge on any atom is 0.187 e. The molecule has 0 radical (unpaired) electrons. The molecule has 1 heterocycles. The lowest BCUT2D eigenvalue weighted by Gasteiger charge is -1.96. The van der Waals surface area contributed by atoms with E-state index < -0.39 is 0 Å². The van der Waals surface area contributed by atoms with Crippen LogP contribution in [0.5, 0.6) is 0 Å². The minimum Gasteiger partial charge on any atom is -0.292 e. The fraction of sp³-hybridized carbons (Fsp3) is 0.0833. The molecule has 2 aromatic rings. The summed E-state index contributed by atoms with van der Waals surface area (Å²) in [6, 6.07) is 9.81. The van der Waals surface area contributed by atoms with Crippen LogP contribution in [0, 0.1) is 5.82 Å². The molecule has 0 saturated heterocycles. The van der Waals surface area contributed by atoms with Gasteiger partial charge in [0.15, 0.2) is 5.78 Å². The zero-order valence-electron chi connectivity index (χ0n) is 8.24. The molecule has 0 aliphatic heterocycles. The summed E-state index contributed by atoms with van der Waals surface area (Å²) in [6.07, 6.45) is 0. The van der Waals surface area contributed by atoms with Crippen LogP contribution in [0.25, 0.3) is 10.4 Å². The monoisotopic (exact) mass is 254 g/mol. The molecule has 0 N–H and O–H groups in total. The summed E-state index contributed by atoms with van der Waals surface area (Å²) in [7, 11) is 0. The van der Waals surface area contributed by atoms with Crippen molar-refractivity contribution in [2.75, 3.05) is 5.88 Å². The van der Waals surface area contributed by atoms with Gasteiger partial charge in [-0.25, -0.2) is 4.39 Å². The largest absolute Gasteiger partial charge is 0.292 e. The van der Waals surface area contributed by atoms with Crippen molar-refractivity contribution < 1.29 is 9.18 Å². The third-order valence-corrected chi connectivity index (χ3v) is 3.53. The van der Waals surface area contributed by atoms with Crippen LogP contribution in [0.15, 0.2) is 36.4 Å². The normalized spacial score (nSPS) is 10.4. The zero-order chi connectivity index (χ0) is 11.5. The lowest BCUT2D eigenvalue weighted by Crippen LogP contribution is -1.95. The van der Waals surface area contributed by atoms with Crippen LogP contribution < -0.4 is 0 Å². The average molecular weight is 255 g/mol. The van der Waals surface area contributed by atoms with Crippen molar-refractivity contribution in [3.63, 3.8) is 0 Å². The first kappa shape index (κ1) is 11.3. The number of hydrogen-bond donors (Lipinski definition) is 0. The maximum absolute atomic E-state index is 13.0. The van der Waals surface area contributed by atoms with Crippen LogP contribution in [0.1, 0.15) is 9.67 Å². The molecule has 0 atom stereocenters. The van der Waals surface area contributed by atoms with Crippen molar-refractivity contribution in [3.05, 3.63) is 47.1 Å². The fourth-order valence-corrected chi connectivity index (χ4v) is 2.51. The number of benzene rings is 1. The van der Waals surface area contributed by atoms with Crippen molar-refractivity contribution in [1.82, 2.24) is 0 Å². The maximum atomic E-state index is 13.0. The molecule has 1 aromatic heterocycles. The Morgan fingerprint density at radius 1 is 1.31 bits per heavy atom. The van der Waals surface area contributed by atoms with E-state index in [1.807, 2.05) is 6.07 Å². The molecule has 0 unspecified atom stereocenters. The summed E-state index contributed by atoms with van der Waals surface area (Å²) >= 11 is 6.79. The number of thiophene rings is 1. The second kappa shape index (κ2) is 4.76. The summed E-state index contributed by atoms with van der Waals surface area (Å²) in [4.78, 5) is 12.8. The Labute approximate surface area is 101 Å². The SMILES string of the molecule is O=C(CCl)c1ccc(-c2cccc(F)c2)s1. The highest BCUT2D eigenvalue weighted by Gasteiger charge is 2.09. The van der Waals surface area contributed by atoms with E-state index in [-0.39, 0.29) is 17.5 Å². The molecule has 0 aliphatic carbocycles. The Morgan fingerprint density at radius 3 is 2.81 bits per heavy atom. The second-order valence-corrected chi connectivity index (χ2v) is 4.58. The number of Topliss-reactive ketones (excluding diaryl/α,β-unsaturated/α-hetero) is 1. The molecule has 0 amide bonds. The molecular formula is C12H8ClFOS. The van der Waals surface area contributed by atoms with E-state index in [0.717, 1.165) is 10.4 Å². The van der Waals surface area contributed by atoms with Crippen molar-refractivity contribution >= 4 is 28.7 Å². The number of carbonyl (C=O) groups is 1. The smallest absolute Gasteiger partial charge is 0.187 e. The van der Waals surface area contributed by atoms with Gasteiger partial charge in [-0.2, -0.15) is 0 Å². The number of hydrogen-bond acceptors (Lipinski definition) is 2. The van der Waals surface area contributed by atoms with Crippen LogP contribution in [-0.2, 0) is 0 Å². The Kier molecular flexibility index (Phi) is 3.36. The molecule has 2 rings (SSSR count). The molecule has 0 saturated carbocycles. The van der Waals surface area contributed by atoms with Crippen LogP contribution in [0.3, 0.4) is 0 Å². The predicted octanol–water partition coefficient (Wildman–Crippen LogP) is 3.98. The number of rotatable bonds is 3. The first-order valence-corrected chi connectivity index (χ1v) is 6.01. The van der Waals surface area contributed by atoms with Crippen LogP contribution >= 0.6 is 22.9 Å². The van der Waals surface area contributed by atoms with Gasteiger partial charge < -0.3 is 0 Å². The van der Waals surface area contributed by atoms with E-state index in [2.05, 4.69) is 0 Å². The van der Waals surface area contributed by atoms with Gasteiger partial charge in [0.25, 0.3) is 0 Å². The van der Waals surface area contributed by atoms with Gasteiger partial charge >= 0.3 is 0 Å². The summed E-state index contributed by atoms with van der Waals surface area (Å²) in [5, 5.41) is 0. The van der Waals surface area contributed by atoms with Gasteiger partial charge in [-0.1, -0.05) is 12.1 Å². The quantitative estimate of drug-likeness (QED) is 0.598. The van der Waals surface area contributed by atoms with Crippen LogP contribution in [0.4, 0.5) is 4.39 Å². The molecule has 0 bridgehead atoms. The number of halogens is 2. The Morgan fingerprint density at radius 2 is 2.12 bits per heavy atom. The van der Waals surface area contributed by atoms with Crippen molar-refractivity contribution in [1.29, 1.82) is 0 Å². The molecule has 82 valence electrons. The first-order valence-electron chi connectivity index (χ1n) is 4.65. The van der Waals surface area contributed by atoms with Crippen molar-refractivity contribution in [2.45, 2.75) is 0 Å². The topological polar surface area (TPSA) is 17.1 Å². The molecular weight excluding hydrogens is 247 g/mol. The van der Waals surface area contributed by atoms with Crippen molar-refractivity contribution in [3.8, 4) is 10.4 Å². The highest BCUT2D eigenvalue weighted by molar-refractivity contribution is 7.17. The molecule has 0 spiro atoms. The van der Waals surface area contributed by atoms with Gasteiger partial charge in [-0.3, -0.25) is 4.79 Å². The fourth-order valence-electron chi connectivity index (χ4n) is 1.35. The van der Waals surface area contributed by atoms with E-state index in [4.69, 9.17) is 11.6 Å². The standard InChI is InChI=1S/C12H8ClFOS/c13-7-10(15)12-5-4-11(16-12)8-2-1-3-9(14)6-8/h1-6H,7H2. The van der Waals surface area contributed by atoms with E-state index in [0.29, 0.717) is 4.88 Å². The summed E-state index contributed by atoms with van der Waals surface area (Å²) in [5.74, 6) is -0.409. The van der Waals surface area contributed by atoms with Gasteiger partial charge in [0.05, 0.1) is 10.8 Å². The van der Waals surface area contributed by atoms with E-state index >= 15 is 0 Å². The molecule has 0 aliphatic rings. The summed E-state index contributed by atoms with van der Waals surface area (Å²) < 4.78 is 13.0. The predicted molar refractivity (Wildman–Crippen MR) is 64.8 cm³/mol. The van der Waals surface area contributed by atoms with Crippen LogP contribution in [-0.4, -0.2) is 11.7 Å². The van der Waals surface area contributed by atoms with E-state index in [9.17, 15) is 9.18 Å². The lowest BCUT2D eigenvalue weighted by atomic mass is 10.2. The first-order chi connectivity index (χ1) is 7.70. The zero-order valence-corrected chi connectivity index (χ0v) is 9.82. The van der Waals surface area contributed by atoms with E-state index in [1.54, 1.807) is 18.2 Å². The molecule has 16 heavy (non-hydrogen) atoms. The van der Waals surface area contributed by atoms with Crippen LogP contribution in [0.2, 0.25) is 0 Å². The molecule has 1 nitrogen and oxygen atoms in total. The third kappa shape index (κ3) is 2.31. The minimum absolute atomic E-state index is 0.0247.